The van der Waals surface area contributed by atoms with Crippen LogP contribution in [0, 0.1) is 12.5 Å². The summed E-state index contributed by atoms with van der Waals surface area (Å²) in [6.07, 6.45) is 5.16. The molecule has 8 heteroatoms. The van der Waals surface area contributed by atoms with Gasteiger partial charge in [-0.3, -0.25) is 4.79 Å². The molecule has 1 unspecified atom stereocenters. The predicted octanol–water partition coefficient (Wildman–Crippen LogP) is -1.04. The molecule has 0 aromatic carbocycles. The third-order valence-corrected chi connectivity index (χ3v) is 1.18. The van der Waals surface area contributed by atoms with Crippen LogP contribution in [0.2, 0.25) is 0 Å². The van der Waals surface area contributed by atoms with Gasteiger partial charge in [-0.1, -0.05) is 0 Å². The van der Waals surface area contributed by atoms with Crippen LogP contribution >= 0.6 is 0 Å². The zero-order valence-electron chi connectivity index (χ0n) is 7.40. The summed E-state index contributed by atoms with van der Waals surface area (Å²) < 4.78 is 0. The number of rotatable bonds is 3. The normalized spacial score (nSPS) is 10.1. The minimum Gasteiger partial charge on any atom is -0.697 e. The summed E-state index contributed by atoms with van der Waals surface area (Å²) in [5, 5.41) is 8.39. The number of H-pyrrole nitrogens is 1. The van der Waals surface area contributed by atoms with E-state index in [2.05, 4.69) is 22.5 Å². The Morgan fingerprint density at radius 3 is 2.50 bits per heavy atom. The van der Waals surface area contributed by atoms with Crippen molar-refractivity contribution in [2.75, 3.05) is 0 Å². The predicted molar refractivity (Wildman–Crippen MR) is 35.6 cm³/mol. The maximum absolute atomic E-state index is 10.2. The molecule has 0 spiro atoms. The van der Waals surface area contributed by atoms with Gasteiger partial charge >= 0.3 is 5.97 Å². The first-order valence-electron chi connectivity index (χ1n) is 3.01. The number of hydrogen-bond acceptors (Lipinski definition) is 3. The van der Waals surface area contributed by atoms with Crippen molar-refractivity contribution in [2.45, 2.75) is 12.5 Å². The first-order valence-corrected chi connectivity index (χ1v) is 3.01. The van der Waals surface area contributed by atoms with Crippen LogP contribution in [-0.4, -0.2) is 27.1 Å². The molecule has 1 aromatic rings. The number of nitrogens with two attached hydrogens (primary N) is 1. The Morgan fingerprint density at radius 2 is 2.14 bits per heavy atom. The van der Waals surface area contributed by atoms with Gasteiger partial charge in [0.15, 0.2) is 0 Å². The van der Waals surface area contributed by atoms with Gasteiger partial charge in [0.05, 0.1) is 0 Å². The van der Waals surface area contributed by atoms with Crippen molar-refractivity contribution in [3.05, 3.63) is 18.2 Å². The molecule has 1 aromatic heterocycles. The summed E-state index contributed by atoms with van der Waals surface area (Å²) in [4.78, 5) is 16.4. The van der Waals surface area contributed by atoms with Crippen molar-refractivity contribution >= 4 is 5.97 Å². The van der Waals surface area contributed by atoms with Crippen LogP contribution in [0.15, 0.2) is 0 Å². The summed E-state index contributed by atoms with van der Waals surface area (Å²) in [6, 6.07) is -0.914. The quantitative estimate of drug-likeness (QED) is 0.546. The summed E-state index contributed by atoms with van der Waals surface area (Å²) in [5.41, 5.74) is 5.71. The SMILES string of the molecule is NC(Cc1[c-][nH][c-]n1)C(=O)O.[Y].[Y].[Y]. The topological polar surface area (TPSA) is 92.0 Å². The van der Waals surface area contributed by atoms with E-state index in [-0.39, 0.29) is 105 Å². The zero-order chi connectivity index (χ0) is 8.27. The Labute approximate surface area is 157 Å². The van der Waals surface area contributed by atoms with Crippen LogP contribution < -0.4 is 5.73 Å². The molecule has 4 N–H and O–H groups in total. The monoisotopic (exact) mass is 420 g/mol. The van der Waals surface area contributed by atoms with Crippen LogP contribution in [0.25, 0.3) is 0 Å². The Kier molecular flexibility index (Phi) is 17.4. The number of carbonyl (C=O) groups is 1. The minimum atomic E-state index is -1.04. The number of aromatic nitrogens is 2. The van der Waals surface area contributed by atoms with Crippen LogP contribution in [0.1, 0.15) is 5.69 Å². The molecule has 0 aliphatic heterocycles. The maximum Gasteiger partial charge on any atom is 0.320 e. The molecule has 0 amide bonds. The van der Waals surface area contributed by atoms with Crippen molar-refractivity contribution in [1.29, 1.82) is 0 Å². The van der Waals surface area contributed by atoms with E-state index in [1.165, 1.54) is 0 Å². The Bertz CT molecular complexity index is 242. The second-order valence-electron chi connectivity index (χ2n) is 2.07. The molecule has 1 rings (SSSR count). The third kappa shape index (κ3) is 8.14. The Hall–Kier alpha value is 1.95. The van der Waals surface area contributed by atoms with E-state index in [0.717, 1.165) is 0 Å². The van der Waals surface area contributed by atoms with Gasteiger partial charge in [-0.25, -0.2) is 0 Å². The van der Waals surface area contributed by atoms with E-state index in [1.807, 2.05) is 0 Å². The van der Waals surface area contributed by atoms with Gasteiger partial charge in [-0.15, -0.1) is 0 Å². The molecule has 3 radical (unpaired) electrons. The molecular weight excluding hydrogens is 413 g/mol. The summed E-state index contributed by atoms with van der Waals surface area (Å²) in [5.74, 6) is -1.04. The van der Waals surface area contributed by atoms with Crippen LogP contribution in [0.3, 0.4) is 0 Å². The van der Waals surface area contributed by atoms with E-state index in [0.29, 0.717) is 5.69 Å². The third-order valence-electron chi connectivity index (χ3n) is 1.18. The molecule has 1 atom stereocenters. The fourth-order valence-corrected chi connectivity index (χ4v) is 0.616. The van der Waals surface area contributed by atoms with Gasteiger partial charge in [-0.2, -0.15) is 5.69 Å². The molecular formula is C6H7N3O2Y3-2. The van der Waals surface area contributed by atoms with Crippen LogP contribution in [-0.2, 0) is 109 Å². The fourth-order valence-electron chi connectivity index (χ4n) is 0.616. The van der Waals surface area contributed by atoms with Crippen molar-refractivity contribution < 1.29 is 108 Å². The summed E-state index contributed by atoms with van der Waals surface area (Å²) in [7, 11) is 0. The van der Waals surface area contributed by atoms with Gasteiger partial charge < -0.3 is 33.3 Å². The number of nitrogens with one attached hydrogen (secondary N) is 1. The molecule has 14 heavy (non-hydrogen) atoms. The van der Waals surface area contributed by atoms with Gasteiger partial charge in [0.25, 0.3) is 0 Å². The number of hydrogen-bond donors (Lipinski definition) is 3. The molecule has 0 aliphatic rings. The molecule has 0 fully saturated rings. The number of aromatic amines is 1. The molecule has 1 heterocycles. The van der Waals surface area contributed by atoms with Crippen LogP contribution in [0.4, 0.5) is 0 Å². The van der Waals surface area contributed by atoms with E-state index in [9.17, 15) is 4.79 Å². The largest absolute Gasteiger partial charge is 0.697 e. The Morgan fingerprint density at radius 1 is 1.57 bits per heavy atom. The molecule has 69 valence electrons. The molecule has 0 saturated carbocycles. The minimum absolute atomic E-state index is 0. The number of carboxylic acids is 1. The molecule has 0 aliphatic carbocycles. The van der Waals surface area contributed by atoms with Crippen molar-refractivity contribution in [3.63, 3.8) is 0 Å². The number of aliphatic carboxylic acids is 1. The smallest absolute Gasteiger partial charge is 0.320 e. The number of imidazole rings is 1. The Balaban J connectivity index is -0.000000403. The van der Waals surface area contributed by atoms with Gasteiger partial charge in [0.2, 0.25) is 0 Å². The average molecular weight is 420 g/mol. The van der Waals surface area contributed by atoms with E-state index < -0.39 is 12.0 Å². The van der Waals surface area contributed by atoms with Gasteiger partial charge in [0, 0.05) is 98.1 Å². The number of carboxylic acid groups (broad SMARTS) is 1. The first-order chi connectivity index (χ1) is 5.20. The number of nitrogens with zero attached hydrogens (tertiary/aromatic N) is 1. The van der Waals surface area contributed by atoms with Crippen molar-refractivity contribution in [3.8, 4) is 0 Å². The van der Waals surface area contributed by atoms with E-state index >= 15 is 0 Å². The second-order valence-corrected chi connectivity index (χ2v) is 2.07. The molecule has 5 nitrogen and oxygen atoms in total. The molecule has 0 saturated heterocycles. The first kappa shape index (κ1) is 21.3. The second kappa shape index (κ2) is 11.4. The van der Waals surface area contributed by atoms with E-state index in [4.69, 9.17) is 10.8 Å². The zero-order valence-corrected chi connectivity index (χ0v) is 15.9. The molecule has 0 bridgehead atoms. The van der Waals surface area contributed by atoms with Crippen LogP contribution in [0.5, 0.6) is 0 Å². The summed E-state index contributed by atoms with van der Waals surface area (Å²) in [6.45, 7) is 0. The van der Waals surface area contributed by atoms with E-state index in [1.54, 1.807) is 0 Å². The standard InChI is InChI=1S/C6H7N3O2.3Y/c7-5(6(10)11)1-4-2-8-3-9-4;;;/h5H,1,7H2,(H,8,9)(H,10,11);;;/q-2;;;. The average Bonchev–Trinajstić information content (AvgIpc) is 2.39. The van der Waals surface area contributed by atoms with Crippen molar-refractivity contribution in [1.82, 2.24) is 9.97 Å². The van der Waals surface area contributed by atoms with Gasteiger partial charge in [-0.05, 0) is 6.42 Å². The van der Waals surface area contributed by atoms with Gasteiger partial charge in [0.1, 0.15) is 6.04 Å². The summed E-state index contributed by atoms with van der Waals surface area (Å²) >= 11 is 0. The van der Waals surface area contributed by atoms with Crippen molar-refractivity contribution in [2.24, 2.45) is 5.73 Å². The fraction of sp³-hybridized carbons (Fsp3) is 0.333. The maximum atomic E-state index is 10.2.